The van der Waals surface area contributed by atoms with Crippen LogP contribution in [0.2, 0.25) is 0 Å². The predicted octanol–water partition coefficient (Wildman–Crippen LogP) is 3.50. The first-order valence-electron chi connectivity index (χ1n) is 5.68. The van der Waals surface area contributed by atoms with Gasteiger partial charge in [-0.15, -0.1) is 11.3 Å². The molecular formula is C12H10BrN3O2S2. The van der Waals surface area contributed by atoms with Gasteiger partial charge in [0.1, 0.15) is 4.90 Å². The summed E-state index contributed by atoms with van der Waals surface area (Å²) in [5.74, 6) is 0. The maximum Gasteiger partial charge on any atom is 0.263 e. The number of benzene rings is 1. The summed E-state index contributed by atoms with van der Waals surface area (Å²) in [6.07, 6.45) is 1.60. The number of aromatic amines is 1. The van der Waals surface area contributed by atoms with Gasteiger partial charge in [0, 0.05) is 10.3 Å². The van der Waals surface area contributed by atoms with Gasteiger partial charge >= 0.3 is 0 Å². The molecule has 1 aromatic carbocycles. The minimum atomic E-state index is -3.60. The van der Waals surface area contributed by atoms with E-state index in [1.165, 1.54) is 11.3 Å². The average Bonchev–Trinajstić information content (AvgIpc) is 2.96. The minimum Gasteiger partial charge on any atom is -0.279 e. The Morgan fingerprint density at radius 3 is 2.90 bits per heavy atom. The lowest BCUT2D eigenvalue weighted by molar-refractivity contribution is 0.601. The van der Waals surface area contributed by atoms with Crippen LogP contribution in [0, 0.1) is 6.92 Å². The second-order valence-electron chi connectivity index (χ2n) is 4.21. The number of fused-ring (bicyclic) bond motifs is 1. The minimum absolute atomic E-state index is 0.287. The second kappa shape index (κ2) is 4.87. The lowest BCUT2D eigenvalue weighted by Crippen LogP contribution is -2.13. The smallest absolute Gasteiger partial charge is 0.263 e. The molecule has 3 rings (SSSR count). The molecule has 0 fully saturated rings. The molecule has 20 heavy (non-hydrogen) atoms. The van der Waals surface area contributed by atoms with E-state index in [0.29, 0.717) is 5.69 Å². The number of thiophene rings is 1. The quantitative estimate of drug-likeness (QED) is 0.739. The van der Waals surface area contributed by atoms with Crippen molar-refractivity contribution in [3.8, 4) is 0 Å². The standard InChI is InChI=1S/C12H10BrN3O2S2/c1-7-11(5-12(13)19-7)20(17,18)16-10-4-2-3-9-8(10)6-14-15-9/h2-6,16H,1H3,(H,14,15). The summed E-state index contributed by atoms with van der Waals surface area (Å²) in [5.41, 5.74) is 1.30. The molecule has 0 aliphatic rings. The van der Waals surface area contributed by atoms with Crippen LogP contribution in [0.15, 0.2) is 39.1 Å². The van der Waals surface area contributed by atoms with Crippen molar-refractivity contribution < 1.29 is 8.42 Å². The first kappa shape index (κ1) is 13.6. The van der Waals surface area contributed by atoms with E-state index in [-0.39, 0.29) is 4.90 Å². The molecule has 2 N–H and O–H groups in total. The number of H-pyrrole nitrogens is 1. The fourth-order valence-corrected chi connectivity index (χ4v) is 5.45. The van der Waals surface area contributed by atoms with Crippen LogP contribution >= 0.6 is 27.3 Å². The summed E-state index contributed by atoms with van der Waals surface area (Å²) in [6.45, 7) is 1.78. The van der Waals surface area contributed by atoms with Gasteiger partial charge in [0.15, 0.2) is 0 Å². The fraction of sp³-hybridized carbons (Fsp3) is 0.0833. The molecule has 5 nitrogen and oxygen atoms in total. The zero-order valence-electron chi connectivity index (χ0n) is 10.3. The van der Waals surface area contributed by atoms with Gasteiger partial charge in [-0.25, -0.2) is 8.42 Å². The summed E-state index contributed by atoms with van der Waals surface area (Å²) >= 11 is 4.70. The Kier molecular flexibility index (Phi) is 3.31. The number of halogens is 1. The number of nitrogens with zero attached hydrogens (tertiary/aromatic N) is 1. The van der Waals surface area contributed by atoms with Crippen molar-refractivity contribution in [3.63, 3.8) is 0 Å². The number of aromatic nitrogens is 2. The van der Waals surface area contributed by atoms with Crippen LogP contribution in [-0.2, 0) is 10.0 Å². The van der Waals surface area contributed by atoms with Crippen molar-refractivity contribution in [1.29, 1.82) is 0 Å². The molecule has 2 heterocycles. The lowest BCUT2D eigenvalue weighted by Gasteiger charge is -2.08. The van der Waals surface area contributed by atoms with Crippen LogP contribution in [-0.4, -0.2) is 18.6 Å². The van der Waals surface area contributed by atoms with Crippen LogP contribution in [0.5, 0.6) is 0 Å². The van der Waals surface area contributed by atoms with Gasteiger partial charge in [-0.2, -0.15) is 5.10 Å². The summed E-state index contributed by atoms with van der Waals surface area (Å²) in [4.78, 5) is 1.03. The molecular weight excluding hydrogens is 362 g/mol. The van der Waals surface area contributed by atoms with E-state index in [2.05, 4.69) is 30.8 Å². The Labute approximate surface area is 128 Å². The highest BCUT2D eigenvalue weighted by Crippen LogP contribution is 2.31. The number of sulfonamides is 1. The molecule has 104 valence electrons. The van der Waals surface area contributed by atoms with Gasteiger partial charge in [-0.3, -0.25) is 9.82 Å². The lowest BCUT2D eigenvalue weighted by atomic mass is 10.2. The zero-order valence-corrected chi connectivity index (χ0v) is 13.6. The first-order chi connectivity index (χ1) is 9.47. The maximum atomic E-state index is 12.4. The molecule has 0 spiro atoms. The second-order valence-corrected chi connectivity index (χ2v) is 8.50. The Balaban J connectivity index is 2.06. The number of aryl methyl sites for hydroxylation is 1. The molecule has 0 aliphatic heterocycles. The normalized spacial score (nSPS) is 11.9. The molecule has 0 saturated heterocycles. The number of rotatable bonds is 3. The van der Waals surface area contributed by atoms with Crippen LogP contribution in [0.1, 0.15) is 4.88 Å². The first-order valence-corrected chi connectivity index (χ1v) is 8.77. The Hall–Kier alpha value is -1.38. The van der Waals surface area contributed by atoms with Crippen LogP contribution in [0.4, 0.5) is 5.69 Å². The van der Waals surface area contributed by atoms with Gasteiger partial charge in [-0.05, 0) is 41.1 Å². The molecule has 2 aromatic heterocycles. The number of hydrogen-bond acceptors (Lipinski definition) is 4. The van der Waals surface area contributed by atoms with Crippen molar-refractivity contribution in [2.24, 2.45) is 0 Å². The third kappa shape index (κ3) is 2.34. The highest BCUT2D eigenvalue weighted by molar-refractivity contribution is 9.11. The van der Waals surface area contributed by atoms with Crippen molar-refractivity contribution in [1.82, 2.24) is 10.2 Å². The van der Waals surface area contributed by atoms with E-state index in [4.69, 9.17) is 0 Å². The number of hydrogen-bond donors (Lipinski definition) is 2. The monoisotopic (exact) mass is 371 g/mol. The average molecular weight is 372 g/mol. The van der Waals surface area contributed by atoms with Crippen LogP contribution in [0.25, 0.3) is 10.9 Å². The van der Waals surface area contributed by atoms with Gasteiger partial charge in [0.05, 0.1) is 21.2 Å². The Morgan fingerprint density at radius 2 is 2.20 bits per heavy atom. The highest BCUT2D eigenvalue weighted by Gasteiger charge is 2.20. The van der Waals surface area contributed by atoms with Crippen molar-refractivity contribution >= 4 is 53.9 Å². The van der Waals surface area contributed by atoms with Crippen LogP contribution < -0.4 is 4.72 Å². The summed E-state index contributed by atoms with van der Waals surface area (Å²) in [5, 5.41) is 7.47. The van der Waals surface area contributed by atoms with Crippen molar-refractivity contribution in [2.75, 3.05) is 4.72 Å². The number of anilines is 1. The van der Waals surface area contributed by atoms with Crippen molar-refractivity contribution in [2.45, 2.75) is 11.8 Å². The van der Waals surface area contributed by atoms with E-state index in [0.717, 1.165) is 19.6 Å². The van der Waals surface area contributed by atoms with Crippen molar-refractivity contribution in [3.05, 3.63) is 39.1 Å². The van der Waals surface area contributed by atoms with Crippen LogP contribution in [0.3, 0.4) is 0 Å². The topological polar surface area (TPSA) is 74.8 Å². The van der Waals surface area contributed by atoms with Gasteiger partial charge in [0.2, 0.25) is 0 Å². The molecule has 8 heteroatoms. The largest absolute Gasteiger partial charge is 0.279 e. The molecule has 0 atom stereocenters. The van der Waals surface area contributed by atoms with E-state index < -0.39 is 10.0 Å². The Bertz CT molecular complexity index is 883. The molecule has 0 saturated carbocycles. The summed E-state index contributed by atoms with van der Waals surface area (Å²) < 4.78 is 28.3. The molecule has 0 bridgehead atoms. The summed E-state index contributed by atoms with van der Waals surface area (Å²) in [6, 6.07) is 6.94. The van der Waals surface area contributed by atoms with E-state index in [1.807, 2.05) is 6.07 Å². The maximum absolute atomic E-state index is 12.4. The molecule has 3 aromatic rings. The van der Waals surface area contributed by atoms with Gasteiger partial charge in [-0.1, -0.05) is 6.07 Å². The van der Waals surface area contributed by atoms with E-state index in [9.17, 15) is 8.42 Å². The van der Waals surface area contributed by atoms with E-state index >= 15 is 0 Å². The van der Waals surface area contributed by atoms with E-state index in [1.54, 1.807) is 31.3 Å². The fourth-order valence-electron chi connectivity index (χ4n) is 1.95. The highest BCUT2D eigenvalue weighted by atomic mass is 79.9. The third-order valence-corrected chi connectivity index (χ3v) is 6.04. The third-order valence-electron chi connectivity index (χ3n) is 2.86. The predicted molar refractivity (Wildman–Crippen MR) is 83.7 cm³/mol. The molecule has 0 radical (unpaired) electrons. The number of nitrogens with one attached hydrogen (secondary N) is 2. The zero-order chi connectivity index (χ0) is 14.3. The summed E-state index contributed by atoms with van der Waals surface area (Å²) in [7, 11) is -3.60. The molecule has 0 aliphatic carbocycles. The van der Waals surface area contributed by atoms with Gasteiger partial charge in [0.25, 0.3) is 10.0 Å². The molecule has 0 unspecified atom stereocenters. The SMILES string of the molecule is Cc1sc(Br)cc1S(=O)(=O)Nc1cccc2[nH]ncc12. The Morgan fingerprint density at radius 1 is 1.40 bits per heavy atom. The molecule has 0 amide bonds. The van der Waals surface area contributed by atoms with Gasteiger partial charge < -0.3 is 0 Å².